The summed E-state index contributed by atoms with van der Waals surface area (Å²) in [6, 6.07) is 20.3. The first kappa shape index (κ1) is 25.0. The topological polar surface area (TPSA) is 130 Å². The number of methoxy groups -OCH3 is 1. The van der Waals surface area contributed by atoms with Gasteiger partial charge in [-0.25, -0.2) is 0 Å². The number of nitro groups is 1. The van der Waals surface area contributed by atoms with Gasteiger partial charge in [0.15, 0.2) is 11.5 Å². The molecule has 0 aliphatic heterocycles. The Morgan fingerprint density at radius 1 is 0.892 bits per heavy atom. The van der Waals surface area contributed by atoms with Gasteiger partial charge in [0.25, 0.3) is 11.6 Å². The molecule has 0 saturated heterocycles. The number of carbonyl (C=O) groups excluding carboxylic acids is 2. The molecule has 37 heavy (non-hydrogen) atoms. The summed E-state index contributed by atoms with van der Waals surface area (Å²) in [5.74, 6) is 1.51. The molecule has 10 nitrogen and oxygen atoms in total. The lowest BCUT2D eigenvalue weighted by atomic mass is 10.1. The second-order valence-corrected chi connectivity index (χ2v) is 7.84. The highest BCUT2D eigenvalue weighted by Crippen LogP contribution is 2.31. The fourth-order valence-electron chi connectivity index (χ4n) is 3.31. The number of benzene rings is 3. The lowest BCUT2D eigenvalue weighted by molar-refractivity contribution is -0.384. The Balaban J connectivity index is 1.43. The van der Waals surface area contributed by atoms with Gasteiger partial charge in [0.1, 0.15) is 35.4 Å². The highest BCUT2D eigenvalue weighted by atomic mass is 16.6. The van der Waals surface area contributed by atoms with Gasteiger partial charge in [0.2, 0.25) is 0 Å². The number of nitrogens with zero attached hydrogens (tertiary/aromatic N) is 1. The van der Waals surface area contributed by atoms with Gasteiger partial charge in [-0.2, -0.15) is 0 Å². The van der Waals surface area contributed by atoms with E-state index in [-0.39, 0.29) is 35.3 Å². The Morgan fingerprint density at radius 2 is 1.57 bits per heavy atom. The number of rotatable bonds is 10. The standard InChI is InChI=1S/C27H22N2O8/c1-17(30)18-3-5-22(6-4-18)35-16-24-11-12-26(37-24)27(31)28-19-13-20(29(32)33)15-25(14-19)36-23-9-7-21(34-2)8-10-23/h3-15H,16H2,1-2H3,(H,28,31). The molecule has 0 saturated carbocycles. The van der Waals surface area contributed by atoms with Crippen LogP contribution in [0, 0.1) is 10.1 Å². The lowest BCUT2D eigenvalue weighted by Crippen LogP contribution is -2.11. The van der Waals surface area contributed by atoms with E-state index in [2.05, 4.69) is 5.32 Å². The molecule has 0 spiro atoms. The molecule has 1 N–H and O–H groups in total. The van der Waals surface area contributed by atoms with Crippen molar-refractivity contribution in [2.45, 2.75) is 13.5 Å². The van der Waals surface area contributed by atoms with Crippen LogP contribution < -0.4 is 19.5 Å². The average Bonchev–Trinajstić information content (AvgIpc) is 3.37. The van der Waals surface area contributed by atoms with Crippen LogP contribution >= 0.6 is 0 Å². The summed E-state index contributed by atoms with van der Waals surface area (Å²) < 4.78 is 22.0. The van der Waals surface area contributed by atoms with Crippen molar-refractivity contribution in [2.24, 2.45) is 0 Å². The Hall–Kier alpha value is -5.12. The van der Waals surface area contributed by atoms with Crippen molar-refractivity contribution in [1.82, 2.24) is 0 Å². The quantitative estimate of drug-likeness (QED) is 0.158. The minimum Gasteiger partial charge on any atom is -0.497 e. The molecule has 0 aliphatic rings. The van der Waals surface area contributed by atoms with E-state index in [1.165, 1.54) is 38.3 Å². The summed E-state index contributed by atoms with van der Waals surface area (Å²) in [5.41, 5.74) is 0.469. The zero-order valence-electron chi connectivity index (χ0n) is 19.9. The molecule has 4 aromatic rings. The number of hydrogen-bond acceptors (Lipinski definition) is 8. The maximum Gasteiger partial charge on any atom is 0.291 e. The molecule has 0 radical (unpaired) electrons. The van der Waals surface area contributed by atoms with Gasteiger partial charge in [-0.1, -0.05) is 0 Å². The monoisotopic (exact) mass is 502 g/mol. The van der Waals surface area contributed by atoms with Crippen molar-refractivity contribution >= 4 is 23.1 Å². The summed E-state index contributed by atoms with van der Waals surface area (Å²) in [5, 5.41) is 14.0. The van der Waals surface area contributed by atoms with Crippen molar-refractivity contribution in [3.8, 4) is 23.0 Å². The third-order valence-electron chi connectivity index (χ3n) is 5.18. The number of amides is 1. The fraction of sp³-hybridized carbons (Fsp3) is 0.111. The minimum atomic E-state index is -0.604. The van der Waals surface area contributed by atoms with Crippen LogP contribution in [0.2, 0.25) is 0 Å². The second-order valence-electron chi connectivity index (χ2n) is 7.84. The summed E-state index contributed by atoms with van der Waals surface area (Å²) >= 11 is 0. The Bertz CT molecular complexity index is 1430. The molecular formula is C27H22N2O8. The molecule has 0 atom stereocenters. The second kappa shape index (κ2) is 11.1. The molecule has 3 aromatic carbocycles. The maximum absolute atomic E-state index is 12.7. The van der Waals surface area contributed by atoms with Crippen LogP contribution in [0.3, 0.4) is 0 Å². The molecule has 188 valence electrons. The molecular weight excluding hydrogens is 480 g/mol. The van der Waals surface area contributed by atoms with Crippen LogP contribution in [-0.2, 0) is 6.61 Å². The number of Topliss-reactive ketones (excluding diaryl/α,β-unsaturated/α-hetero) is 1. The van der Waals surface area contributed by atoms with E-state index >= 15 is 0 Å². The fourth-order valence-corrected chi connectivity index (χ4v) is 3.31. The van der Waals surface area contributed by atoms with Crippen LogP contribution in [0.1, 0.15) is 33.6 Å². The smallest absolute Gasteiger partial charge is 0.291 e. The predicted octanol–water partition coefficient (Wildman–Crippen LogP) is 6.02. The Kier molecular flexibility index (Phi) is 7.48. The molecule has 0 aliphatic carbocycles. The normalized spacial score (nSPS) is 10.4. The van der Waals surface area contributed by atoms with Crippen molar-refractivity contribution in [2.75, 3.05) is 12.4 Å². The summed E-state index contributed by atoms with van der Waals surface area (Å²) in [4.78, 5) is 34.9. The number of carbonyl (C=O) groups is 2. The molecule has 0 fully saturated rings. The average molecular weight is 502 g/mol. The van der Waals surface area contributed by atoms with E-state index < -0.39 is 10.8 Å². The number of nitro benzene ring substituents is 1. The number of furan rings is 1. The lowest BCUT2D eigenvalue weighted by Gasteiger charge is -2.09. The predicted molar refractivity (Wildman–Crippen MR) is 134 cm³/mol. The molecule has 1 amide bonds. The van der Waals surface area contributed by atoms with Gasteiger partial charge >= 0.3 is 0 Å². The van der Waals surface area contributed by atoms with Gasteiger partial charge < -0.3 is 23.9 Å². The van der Waals surface area contributed by atoms with Crippen molar-refractivity contribution in [1.29, 1.82) is 0 Å². The van der Waals surface area contributed by atoms with Gasteiger partial charge in [-0.05, 0) is 67.6 Å². The molecule has 10 heteroatoms. The number of hydrogen-bond donors (Lipinski definition) is 1. The number of anilines is 1. The van der Waals surface area contributed by atoms with Crippen LogP contribution in [0.15, 0.2) is 83.3 Å². The van der Waals surface area contributed by atoms with Gasteiger partial charge in [0.05, 0.1) is 23.8 Å². The SMILES string of the molecule is COc1ccc(Oc2cc(NC(=O)c3ccc(COc4ccc(C(C)=O)cc4)o3)cc([N+](=O)[O-])c2)cc1. The first-order chi connectivity index (χ1) is 17.8. The first-order valence-corrected chi connectivity index (χ1v) is 11.1. The van der Waals surface area contributed by atoms with Gasteiger partial charge in [-0.15, -0.1) is 0 Å². The largest absolute Gasteiger partial charge is 0.497 e. The van der Waals surface area contributed by atoms with Crippen molar-refractivity contribution in [3.05, 3.63) is 106 Å². The number of ketones is 1. The van der Waals surface area contributed by atoms with E-state index in [0.717, 1.165) is 0 Å². The third kappa shape index (κ3) is 6.51. The highest BCUT2D eigenvalue weighted by molar-refractivity contribution is 6.02. The molecule has 0 bridgehead atoms. The van der Waals surface area contributed by atoms with Crippen molar-refractivity contribution in [3.63, 3.8) is 0 Å². The Morgan fingerprint density at radius 3 is 2.22 bits per heavy atom. The number of nitrogens with one attached hydrogen (secondary N) is 1. The van der Waals surface area contributed by atoms with Crippen LogP contribution in [0.25, 0.3) is 0 Å². The molecule has 1 heterocycles. The van der Waals surface area contributed by atoms with E-state index in [1.807, 2.05) is 0 Å². The van der Waals surface area contributed by atoms with E-state index in [0.29, 0.717) is 28.6 Å². The first-order valence-electron chi connectivity index (χ1n) is 11.1. The number of non-ortho nitro benzene ring substituents is 1. The number of ether oxygens (including phenoxy) is 3. The molecule has 0 unspecified atom stereocenters. The van der Waals surface area contributed by atoms with Crippen LogP contribution in [0.4, 0.5) is 11.4 Å². The van der Waals surface area contributed by atoms with E-state index in [1.54, 1.807) is 54.6 Å². The van der Waals surface area contributed by atoms with E-state index in [4.69, 9.17) is 18.6 Å². The Labute approximate surface area is 211 Å². The minimum absolute atomic E-state index is 0.00495. The maximum atomic E-state index is 12.7. The summed E-state index contributed by atoms with van der Waals surface area (Å²) in [6.07, 6.45) is 0. The molecule has 4 rings (SSSR count). The summed E-state index contributed by atoms with van der Waals surface area (Å²) in [7, 11) is 1.54. The third-order valence-corrected chi connectivity index (χ3v) is 5.18. The van der Waals surface area contributed by atoms with Gasteiger partial charge in [0, 0.05) is 17.7 Å². The van der Waals surface area contributed by atoms with Crippen molar-refractivity contribution < 1.29 is 33.1 Å². The van der Waals surface area contributed by atoms with Crippen LogP contribution in [-0.4, -0.2) is 23.7 Å². The van der Waals surface area contributed by atoms with Gasteiger partial charge in [-0.3, -0.25) is 19.7 Å². The molecule has 1 aromatic heterocycles. The summed E-state index contributed by atoms with van der Waals surface area (Å²) in [6.45, 7) is 1.54. The zero-order valence-corrected chi connectivity index (χ0v) is 19.9. The van der Waals surface area contributed by atoms with E-state index in [9.17, 15) is 19.7 Å². The van der Waals surface area contributed by atoms with Crippen LogP contribution in [0.5, 0.6) is 23.0 Å². The highest BCUT2D eigenvalue weighted by Gasteiger charge is 2.16. The zero-order chi connectivity index (χ0) is 26.4.